The number of rotatable bonds is 2. The van der Waals surface area contributed by atoms with E-state index in [9.17, 15) is 0 Å². The number of halogens is 1. The van der Waals surface area contributed by atoms with E-state index in [2.05, 4.69) is 21.9 Å². The fraction of sp³-hybridized carbons (Fsp3) is 0.200. The molecule has 12 heavy (non-hydrogen) atoms. The fourth-order valence-electron chi connectivity index (χ4n) is 0.982. The highest BCUT2D eigenvalue weighted by atomic mass is 79.9. The molecule has 0 amide bonds. The molecule has 2 N–H and O–H groups in total. The Morgan fingerprint density at radius 2 is 2.33 bits per heavy atom. The predicted molar refractivity (Wildman–Crippen MR) is 54.5 cm³/mol. The van der Waals surface area contributed by atoms with Crippen molar-refractivity contribution in [2.45, 2.75) is 12.5 Å². The third-order valence-electron chi connectivity index (χ3n) is 1.61. The first-order valence-corrected chi connectivity index (χ1v) is 4.48. The Labute approximate surface area is 81.1 Å². The van der Waals surface area contributed by atoms with E-state index in [1.807, 2.05) is 24.3 Å². The topological polar surface area (TPSA) is 26.0 Å². The number of hydrogen-bond acceptors (Lipinski definition) is 1. The van der Waals surface area contributed by atoms with Crippen LogP contribution in [0.4, 0.5) is 0 Å². The van der Waals surface area contributed by atoms with Crippen molar-refractivity contribution in [3.8, 4) is 12.3 Å². The number of hydrogen-bond donors (Lipinski definition) is 1. The van der Waals surface area contributed by atoms with E-state index < -0.39 is 0 Å². The van der Waals surface area contributed by atoms with Crippen LogP contribution >= 0.6 is 15.9 Å². The molecule has 1 nitrogen and oxygen atoms in total. The largest absolute Gasteiger partial charge is 0.323 e. The van der Waals surface area contributed by atoms with Crippen LogP contribution in [0.3, 0.4) is 0 Å². The van der Waals surface area contributed by atoms with Crippen molar-refractivity contribution in [1.82, 2.24) is 0 Å². The lowest BCUT2D eigenvalue weighted by Gasteiger charge is -2.07. The van der Waals surface area contributed by atoms with Gasteiger partial charge in [-0.25, -0.2) is 0 Å². The summed E-state index contributed by atoms with van der Waals surface area (Å²) in [7, 11) is 0. The van der Waals surface area contributed by atoms with Crippen molar-refractivity contribution in [3.05, 3.63) is 34.3 Å². The van der Waals surface area contributed by atoms with Gasteiger partial charge < -0.3 is 5.73 Å². The second-order valence-electron chi connectivity index (χ2n) is 2.57. The normalized spacial score (nSPS) is 12.1. The SMILES string of the molecule is C#CCC(N)c1cccc(Br)c1. The zero-order valence-electron chi connectivity index (χ0n) is 6.63. The first-order valence-electron chi connectivity index (χ1n) is 3.68. The molecule has 1 aromatic carbocycles. The molecule has 0 aliphatic rings. The van der Waals surface area contributed by atoms with Crippen molar-refractivity contribution >= 4 is 15.9 Å². The molecule has 0 aromatic heterocycles. The Bertz CT molecular complexity index is 301. The molecule has 0 saturated carbocycles. The second kappa shape index (κ2) is 4.30. The van der Waals surface area contributed by atoms with E-state index in [0.29, 0.717) is 6.42 Å². The molecule has 0 radical (unpaired) electrons. The Hall–Kier alpha value is -0.780. The fourth-order valence-corrected chi connectivity index (χ4v) is 1.40. The lowest BCUT2D eigenvalue weighted by molar-refractivity contribution is 0.754. The Kier molecular flexibility index (Phi) is 3.33. The van der Waals surface area contributed by atoms with Crippen LogP contribution in [0.2, 0.25) is 0 Å². The van der Waals surface area contributed by atoms with Crippen LogP contribution in [0.15, 0.2) is 28.7 Å². The summed E-state index contributed by atoms with van der Waals surface area (Å²) < 4.78 is 1.03. The summed E-state index contributed by atoms with van der Waals surface area (Å²) in [6, 6.07) is 7.84. The van der Waals surface area contributed by atoms with Crippen molar-refractivity contribution in [2.24, 2.45) is 5.73 Å². The molecule has 2 heteroatoms. The molecule has 0 fully saturated rings. The maximum atomic E-state index is 5.81. The molecule has 1 atom stereocenters. The van der Waals surface area contributed by atoms with E-state index in [4.69, 9.17) is 12.2 Å². The summed E-state index contributed by atoms with van der Waals surface area (Å²) >= 11 is 3.37. The Balaban J connectivity index is 2.82. The molecular weight excluding hydrogens is 214 g/mol. The highest BCUT2D eigenvalue weighted by Gasteiger charge is 2.03. The number of benzene rings is 1. The molecule has 1 rings (SSSR count). The third-order valence-corrected chi connectivity index (χ3v) is 2.11. The Morgan fingerprint density at radius 1 is 1.58 bits per heavy atom. The summed E-state index contributed by atoms with van der Waals surface area (Å²) in [6.45, 7) is 0. The van der Waals surface area contributed by atoms with Gasteiger partial charge >= 0.3 is 0 Å². The minimum absolute atomic E-state index is 0.0486. The zero-order valence-corrected chi connectivity index (χ0v) is 8.21. The highest BCUT2D eigenvalue weighted by molar-refractivity contribution is 9.10. The average Bonchev–Trinajstić information content (AvgIpc) is 2.05. The van der Waals surface area contributed by atoms with E-state index in [1.165, 1.54) is 0 Å². The zero-order chi connectivity index (χ0) is 8.97. The lowest BCUT2D eigenvalue weighted by atomic mass is 10.1. The van der Waals surface area contributed by atoms with Gasteiger partial charge in [0.1, 0.15) is 0 Å². The molecule has 0 bridgehead atoms. The number of terminal acetylenes is 1. The van der Waals surface area contributed by atoms with E-state index >= 15 is 0 Å². The second-order valence-corrected chi connectivity index (χ2v) is 3.49. The molecule has 0 aliphatic heterocycles. The van der Waals surface area contributed by atoms with E-state index in [1.54, 1.807) is 0 Å². The maximum absolute atomic E-state index is 5.81. The van der Waals surface area contributed by atoms with Crippen LogP contribution in [-0.2, 0) is 0 Å². The first kappa shape index (κ1) is 9.31. The smallest absolute Gasteiger partial charge is 0.0406 e. The van der Waals surface area contributed by atoms with Gasteiger partial charge in [0, 0.05) is 16.9 Å². The standard InChI is InChI=1S/C10H10BrN/c1-2-4-10(12)8-5-3-6-9(11)7-8/h1,3,5-7,10H,4,12H2. The van der Waals surface area contributed by atoms with Crippen LogP contribution in [0, 0.1) is 12.3 Å². The third kappa shape index (κ3) is 2.37. The quantitative estimate of drug-likeness (QED) is 0.767. The summed E-state index contributed by atoms with van der Waals surface area (Å²) in [6.07, 6.45) is 5.74. The van der Waals surface area contributed by atoms with Crippen molar-refractivity contribution < 1.29 is 0 Å². The molecule has 0 heterocycles. The summed E-state index contributed by atoms with van der Waals surface area (Å²) in [5.74, 6) is 2.55. The van der Waals surface area contributed by atoms with Crippen LogP contribution in [0.25, 0.3) is 0 Å². The molecule has 0 saturated heterocycles. The molecule has 1 unspecified atom stereocenters. The van der Waals surface area contributed by atoms with Crippen molar-refractivity contribution in [1.29, 1.82) is 0 Å². The maximum Gasteiger partial charge on any atom is 0.0406 e. The van der Waals surface area contributed by atoms with Gasteiger partial charge in [-0.3, -0.25) is 0 Å². The molecule has 62 valence electrons. The van der Waals surface area contributed by atoms with Gasteiger partial charge in [0.15, 0.2) is 0 Å². The number of nitrogens with two attached hydrogens (primary N) is 1. The van der Waals surface area contributed by atoms with Crippen LogP contribution in [0.1, 0.15) is 18.0 Å². The summed E-state index contributed by atoms with van der Waals surface area (Å²) in [5, 5.41) is 0. The Morgan fingerprint density at radius 3 is 2.92 bits per heavy atom. The summed E-state index contributed by atoms with van der Waals surface area (Å²) in [4.78, 5) is 0. The van der Waals surface area contributed by atoms with Gasteiger partial charge in [0.2, 0.25) is 0 Å². The van der Waals surface area contributed by atoms with Crippen molar-refractivity contribution in [2.75, 3.05) is 0 Å². The minimum atomic E-state index is -0.0486. The molecule has 0 spiro atoms. The first-order chi connectivity index (χ1) is 5.74. The minimum Gasteiger partial charge on any atom is -0.323 e. The highest BCUT2D eigenvalue weighted by Crippen LogP contribution is 2.18. The van der Waals surface area contributed by atoms with Gasteiger partial charge in [-0.15, -0.1) is 12.3 Å². The predicted octanol–water partition coefficient (Wildman–Crippen LogP) is 2.47. The van der Waals surface area contributed by atoms with Gasteiger partial charge in [0.25, 0.3) is 0 Å². The van der Waals surface area contributed by atoms with Crippen LogP contribution in [0.5, 0.6) is 0 Å². The van der Waals surface area contributed by atoms with E-state index in [-0.39, 0.29) is 6.04 Å². The lowest BCUT2D eigenvalue weighted by Crippen LogP contribution is -2.08. The van der Waals surface area contributed by atoms with Crippen LogP contribution < -0.4 is 5.73 Å². The van der Waals surface area contributed by atoms with Gasteiger partial charge in [-0.1, -0.05) is 28.1 Å². The van der Waals surface area contributed by atoms with Gasteiger partial charge in [-0.05, 0) is 17.7 Å². The molecule has 1 aromatic rings. The molecule has 0 aliphatic carbocycles. The van der Waals surface area contributed by atoms with Crippen molar-refractivity contribution in [3.63, 3.8) is 0 Å². The van der Waals surface area contributed by atoms with Crippen LogP contribution in [-0.4, -0.2) is 0 Å². The molecular formula is C10H10BrN. The monoisotopic (exact) mass is 223 g/mol. The van der Waals surface area contributed by atoms with Gasteiger partial charge in [-0.2, -0.15) is 0 Å². The van der Waals surface area contributed by atoms with E-state index in [0.717, 1.165) is 10.0 Å². The average molecular weight is 224 g/mol. The van der Waals surface area contributed by atoms with Gasteiger partial charge in [0.05, 0.1) is 0 Å². The summed E-state index contributed by atoms with van der Waals surface area (Å²) in [5.41, 5.74) is 6.88.